The number of carboxylic acids is 1. The van der Waals surface area contributed by atoms with Crippen LogP contribution in [0.2, 0.25) is 5.15 Å². The monoisotopic (exact) mass is 183 g/mol. The molecule has 0 saturated carbocycles. The first-order valence-corrected chi connectivity index (χ1v) is 3.19. The minimum atomic E-state index is -1.30. The average Bonchev–Trinajstić information content (AvgIpc) is 2.05. The molecule has 0 unspecified atom stereocenters. The van der Waals surface area contributed by atoms with Gasteiger partial charge in [0.25, 0.3) is 0 Å². The van der Waals surface area contributed by atoms with E-state index in [4.69, 9.17) is 22.0 Å². The predicted molar refractivity (Wildman–Crippen MR) is 38.7 cm³/mol. The number of aromatic carboxylic acids is 1. The summed E-state index contributed by atoms with van der Waals surface area (Å²) >= 11 is 5.38. The van der Waals surface area contributed by atoms with E-state index in [0.29, 0.717) is 0 Å². The summed E-state index contributed by atoms with van der Waals surface area (Å²) in [7, 11) is 0. The number of halogens is 1. The number of aromatic nitrogens is 2. The SMILES string of the molecule is N#Cc1cnc(Cl)c(C(=O)O)n1. The molecule has 12 heavy (non-hydrogen) atoms. The van der Waals surface area contributed by atoms with E-state index in [1.807, 2.05) is 0 Å². The molecule has 1 heterocycles. The topological polar surface area (TPSA) is 86.9 Å². The van der Waals surface area contributed by atoms with Crippen molar-refractivity contribution in [2.24, 2.45) is 0 Å². The third kappa shape index (κ3) is 1.49. The molecule has 0 aliphatic rings. The summed E-state index contributed by atoms with van der Waals surface area (Å²) in [6.45, 7) is 0. The number of nitriles is 1. The second kappa shape index (κ2) is 3.15. The molecule has 0 aliphatic carbocycles. The maximum absolute atomic E-state index is 10.4. The van der Waals surface area contributed by atoms with Crippen LogP contribution in [0.4, 0.5) is 0 Å². The summed E-state index contributed by atoms with van der Waals surface area (Å²) in [5, 5.41) is 16.6. The number of nitrogens with zero attached hydrogens (tertiary/aromatic N) is 3. The van der Waals surface area contributed by atoms with Crippen LogP contribution in [0, 0.1) is 11.3 Å². The second-order valence-electron chi connectivity index (χ2n) is 1.81. The summed E-state index contributed by atoms with van der Waals surface area (Å²) < 4.78 is 0. The predicted octanol–water partition coefficient (Wildman–Crippen LogP) is 0.700. The molecule has 1 N–H and O–H groups in total. The van der Waals surface area contributed by atoms with Crippen LogP contribution in [0.5, 0.6) is 0 Å². The third-order valence-electron chi connectivity index (χ3n) is 1.04. The van der Waals surface area contributed by atoms with E-state index in [2.05, 4.69) is 9.97 Å². The molecule has 0 spiro atoms. The van der Waals surface area contributed by atoms with Gasteiger partial charge >= 0.3 is 5.97 Å². The summed E-state index contributed by atoms with van der Waals surface area (Å²) in [4.78, 5) is 17.3. The number of rotatable bonds is 1. The molecule has 0 bridgehead atoms. The molecule has 0 fully saturated rings. The molecular weight excluding hydrogens is 182 g/mol. The first-order chi connectivity index (χ1) is 5.65. The van der Waals surface area contributed by atoms with Crippen molar-refractivity contribution in [2.75, 3.05) is 0 Å². The molecule has 0 aromatic carbocycles. The second-order valence-corrected chi connectivity index (χ2v) is 2.17. The Hall–Kier alpha value is -1.67. The van der Waals surface area contributed by atoms with Crippen LogP contribution in [0.3, 0.4) is 0 Å². The minimum absolute atomic E-state index is 0.0724. The molecule has 1 aromatic heterocycles. The van der Waals surface area contributed by atoms with Gasteiger partial charge in [0.1, 0.15) is 6.07 Å². The highest BCUT2D eigenvalue weighted by atomic mass is 35.5. The van der Waals surface area contributed by atoms with Crippen molar-refractivity contribution in [3.05, 3.63) is 22.7 Å². The number of hydrogen-bond acceptors (Lipinski definition) is 4. The molecule has 6 heteroatoms. The molecule has 5 nitrogen and oxygen atoms in total. The lowest BCUT2D eigenvalue weighted by Gasteiger charge is -1.95. The Kier molecular flexibility index (Phi) is 2.21. The molecule has 1 rings (SSSR count). The first kappa shape index (κ1) is 8.43. The van der Waals surface area contributed by atoms with Crippen LogP contribution in [-0.2, 0) is 0 Å². The quantitative estimate of drug-likeness (QED) is 0.693. The Balaban J connectivity index is 3.28. The molecule has 0 saturated heterocycles. The third-order valence-corrected chi connectivity index (χ3v) is 1.32. The average molecular weight is 184 g/mol. The van der Waals surface area contributed by atoms with Crippen LogP contribution >= 0.6 is 11.6 Å². The Bertz CT molecular complexity index is 372. The van der Waals surface area contributed by atoms with Gasteiger partial charge in [0.2, 0.25) is 0 Å². The first-order valence-electron chi connectivity index (χ1n) is 2.81. The molecule has 0 atom stereocenters. The van der Waals surface area contributed by atoms with Gasteiger partial charge in [-0.3, -0.25) is 0 Å². The minimum Gasteiger partial charge on any atom is -0.476 e. The molecule has 0 radical (unpaired) electrons. The van der Waals surface area contributed by atoms with Gasteiger partial charge in [-0.25, -0.2) is 14.8 Å². The van der Waals surface area contributed by atoms with Crippen molar-refractivity contribution >= 4 is 17.6 Å². The van der Waals surface area contributed by atoms with Crippen LogP contribution in [0.1, 0.15) is 16.2 Å². The fourth-order valence-corrected chi connectivity index (χ4v) is 0.736. The van der Waals surface area contributed by atoms with E-state index in [1.54, 1.807) is 6.07 Å². The van der Waals surface area contributed by atoms with Gasteiger partial charge < -0.3 is 5.11 Å². The summed E-state index contributed by atoms with van der Waals surface area (Å²) in [6, 6.07) is 1.65. The van der Waals surface area contributed by atoms with E-state index in [1.165, 1.54) is 0 Å². The maximum atomic E-state index is 10.4. The van der Waals surface area contributed by atoms with E-state index in [0.717, 1.165) is 6.20 Å². The standard InChI is InChI=1S/C6H2ClN3O2/c7-5-4(6(11)12)10-3(1-8)2-9-5/h2H,(H,11,12). The van der Waals surface area contributed by atoms with Crippen molar-refractivity contribution in [3.8, 4) is 6.07 Å². The zero-order chi connectivity index (χ0) is 9.14. The zero-order valence-corrected chi connectivity index (χ0v) is 6.41. The smallest absolute Gasteiger partial charge is 0.357 e. The van der Waals surface area contributed by atoms with Crippen LogP contribution in [-0.4, -0.2) is 21.0 Å². The largest absolute Gasteiger partial charge is 0.476 e. The lowest BCUT2D eigenvalue weighted by molar-refractivity contribution is 0.0690. The summed E-state index contributed by atoms with van der Waals surface area (Å²) in [5.41, 5.74) is -0.479. The number of carbonyl (C=O) groups is 1. The fraction of sp³-hybridized carbons (Fsp3) is 0. The molecule has 1 aromatic rings. The number of hydrogen-bond donors (Lipinski definition) is 1. The van der Waals surface area contributed by atoms with Gasteiger partial charge in [0.05, 0.1) is 6.20 Å². The van der Waals surface area contributed by atoms with Crippen molar-refractivity contribution in [3.63, 3.8) is 0 Å². The van der Waals surface area contributed by atoms with Gasteiger partial charge in [-0.15, -0.1) is 0 Å². The normalized spacial score (nSPS) is 9.00. The Labute approximate surface area is 72.3 Å². The highest BCUT2D eigenvalue weighted by Crippen LogP contribution is 2.09. The Morgan fingerprint density at radius 3 is 2.92 bits per heavy atom. The van der Waals surface area contributed by atoms with E-state index < -0.39 is 11.7 Å². The Morgan fingerprint density at radius 1 is 1.75 bits per heavy atom. The molecule has 0 aliphatic heterocycles. The maximum Gasteiger partial charge on any atom is 0.357 e. The zero-order valence-electron chi connectivity index (χ0n) is 5.65. The molecule has 0 amide bonds. The van der Waals surface area contributed by atoms with Crippen LogP contribution in [0.25, 0.3) is 0 Å². The molecular formula is C6H2ClN3O2. The van der Waals surface area contributed by atoms with Gasteiger partial charge in [-0.1, -0.05) is 11.6 Å². The summed E-state index contributed by atoms with van der Waals surface area (Å²) in [5.74, 6) is -1.30. The van der Waals surface area contributed by atoms with E-state index in [9.17, 15) is 4.79 Å². The highest BCUT2D eigenvalue weighted by Gasteiger charge is 2.12. The van der Waals surface area contributed by atoms with E-state index >= 15 is 0 Å². The summed E-state index contributed by atoms with van der Waals surface area (Å²) in [6.07, 6.45) is 1.11. The van der Waals surface area contributed by atoms with E-state index in [-0.39, 0.29) is 10.8 Å². The lowest BCUT2D eigenvalue weighted by atomic mass is 10.4. The lowest BCUT2D eigenvalue weighted by Crippen LogP contribution is -2.04. The van der Waals surface area contributed by atoms with Gasteiger partial charge in [-0.05, 0) is 0 Å². The van der Waals surface area contributed by atoms with Gasteiger partial charge in [0.15, 0.2) is 16.5 Å². The number of carboxylic acid groups (broad SMARTS) is 1. The fourth-order valence-electron chi connectivity index (χ4n) is 0.564. The van der Waals surface area contributed by atoms with Gasteiger partial charge in [-0.2, -0.15) is 5.26 Å². The van der Waals surface area contributed by atoms with Crippen molar-refractivity contribution in [1.82, 2.24) is 9.97 Å². The van der Waals surface area contributed by atoms with Gasteiger partial charge in [0, 0.05) is 0 Å². The van der Waals surface area contributed by atoms with Crippen molar-refractivity contribution in [1.29, 1.82) is 5.26 Å². The van der Waals surface area contributed by atoms with Crippen LogP contribution in [0.15, 0.2) is 6.20 Å². The highest BCUT2D eigenvalue weighted by molar-refractivity contribution is 6.31. The Morgan fingerprint density at radius 2 is 2.42 bits per heavy atom. The van der Waals surface area contributed by atoms with Crippen molar-refractivity contribution < 1.29 is 9.90 Å². The molecule has 60 valence electrons. The van der Waals surface area contributed by atoms with Crippen LogP contribution < -0.4 is 0 Å². The van der Waals surface area contributed by atoms with Crippen molar-refractivity contribution in [2.45, 2.75) is 0 Å².